The average molecular weight is 1510 g/mol. The average Bonchev–Trinajstić information content (AvgIpc) is 4.47. The number of unbranched alkanes of at least 4 members (excludes halogenated alkanes) is 33. The van der Waals surface area contributed by atoms with Crippen LogP contribution in [0.3, 0.4) is 0 Å². The molecule has 0 aliphatic carbocycles. The zero-order valence-corrected chi connectivity index (χ0v) is 64.8. The van der Waals surface area contributed by atoms with E-state index in [1.807, 2.05) is 85.7 Å². The van der Waals surface area contributed by atoms with E-state index in [1.54, 1.807) is 22.7 Å². The minimum atomic E-state index is 1.17. The third kappa shape index (κ3) is 43.3. The Kier molecular flexibility index (Phi) is 55.9. The second kappa shape index (κ2) is 58.0. The van der Waals surface area contributed by atoms with Crippen molar-refractivity contribution in [1.29, 1.82) is 0 Å². The Labute approximate surface area is 578 Å². The Morgan fingerprint density at radius 2 is 0.771 bits per heavy atom. The van der Waals surface area contributed by atoms with Gasteiger partial charge >= 0.3 is 24.8 Å². The molecule has 0 saturated heterocycles. The number of aryl methyl sites for hydroxylation is 2. The Bertz CT molecular complexity index is 2300. The van der Waals surface area contributed by atoms with Crippen LogP contribution in [0.5, 0.6) is 0 Å². The van der Waals surface area contributed by atoms with Crippen molar-refractivity contribution in [2.24, 2.45) is 4.30 Å². The van der Waals surface area contributed by atoms with Crippen molar-refractivity contribution >= 4 is 172 Å². The van der Waals surface area contributed by atoms with Crippen LogP contribution in [0.2, 0.25) is 0 Å². The fourth-order valence-electron chi connectivity index (χ4n) is 9.43. The molecule has 1 nitrogen and oxygen atoms in total. The number of hydrogen-bond donors (Lipinski definition) is 1. The van der Waals surface area contributed by atoms with Gasteiger partial charge in [-0.2, -0.15) is 22.7 Å². The van der Waals surface area contributed by atoms with E-state index < -0.39 is 0 Å². The van der Waals surface area contributed by atoms with Crippen molar-refractivity contribution in [3.63, 3.8) is 0 Å². The van der Waals surface area contributed by atoms with Crippen LogP contribution in [0, 0.1) is 13.8 Å². The van der Waals surface area contributed by atoms with Gasteiger partial charge in [-0.1, -0.05) is 233 Å². The van der Waals surface area contributed by atoms with Gasteiger partial charge in [0.05, 0.1) is 17.3 Å². The molecule has 6 aromatic heterocycles. The summed E-state index contributed by atoms with van der Waals surface area (Å²) in [6.45, 7) is 11.3. The second-order valence-corrected chi connectivity index (χ2v) is 34.4. The summed E-state index contributed by atoms with van der Waals surface area (Å²) in [6.07, 6.45) is 51.5. The van der Waals surface area contributed by atoms with Crippen LogP contribution in [-0.4, -0.2) is 24.9 Å². The van der Waals surface area contributed by atoms with Crippen molar-refractivity contribution < 1.29 is 0 Å². The standard InChI is InChI=1S/C23H34Br2S3.C23H36S3.C18H32S2.C4H3BrS.BHNS/c1-3-4-5-6-7-8-9-10-11-12-13-14-15-26-19-17-21(25)28-23(19)22-18(2)16-20(24)27-22;1-3-4-5-6-7-8-9-10-11-12-13-14-17-24-21-16-19-26-23(21)22-20(2)15-18-25-22;1-2-3-4-5-6-7-8-9-10-11-12-13-15-20-18-14-16-19-17-18;5-4-1-2-6-3-4;1-2-3/h16-17H,3-15H2,1-2H3;15-16,18-19H,3-14,17H2,1-2H3;14,16-17H,2-13,15H2,1H3;1-3H;3H. The van der Waals surface area contributed by atoms with Gasteiger partial charge in [0.15, 0.2) is 0 Å². The van der Waals surface area contributed by atoms with Gasteiger partial charge in [0.25, 0.3) is 0 Å². The summed E-state index contributed by atoms with van der Waals surface area (Å²) in [5.74, 6) is 3.80. The monoisotopic (exact) mass is 1500 g/mol. The van der Waals surface area contributed by atoms with E-state index >= 15 is 0 Å². The van der Waals surface area contributed by atoms with Crippen LogP contribution in [0.15, 0.2) is 99.7 Å². The normalized spacial score (nSPS) is 10.8. The Morgan fingerprint density at radius 1 is 0.398 bits per heavy atom. The maximum absolute atomic E-state index is 4.34. The van der Waals surface area contributed by atoms with Gasteiger partial charge in [-0.25, -0.2) is 0 Å². The molecule has 0 spiro atoms. The van der Waals surface area contributed by atoms with Gasteiger partial charge in [0, 0.05) is 39.7 Å². The SMILES string of the molecule is Brc1ccsc1.CCCCCCCCCCCCCCSc1cc(Br)sc1-c1sc(Br)cc1C.CCCCCCCCCCCCCCSc1ccsc1.CCCCCCCCCCCCCCSc1ccsc1-c1sccc1C.[B]=NS. The quantitative estimate of drug-likeness (QED) is 0.0177. The van der Waals surface area contributed by atoms with Crippen LogP contribution < -0.4 is 0 Å². The Hall–Kier alpha value is 0.905. The van der Waals surface area contributed by atoms with Crippen LogP contribution in [0.4, 0.5) is 0 Å². The van der Waals surface area contributed by atoms with E-state index in [-0.39, 0.29) is 0 Å². The zero-order chi connectivity index (χ0) is 60.1. The summed E-state index contributed by atoms with van der Waals surface area (Å²) in [5, 5.41) is 13.0. The molecule has 83 heavy (non-hydrogen) atoms. The van der Waals surface area contributed by atoms with Crippen LogP contribution in [0.25, 0.3) is 19.5 Å². The molecule has 0 aliphatic heterocycles. The molecule has 6 rings (SSSR count). The number of hydrogen-bond acceptors (Lipinski definition) is 11. The molecule has 0 amide bonds. The molecule has 15 heteroatoms. The van der Waals surface area contributed by atoms with E-state index in [0.29, 0.717) is 0 Å². The van der Waals surface area contributed by atoms with Gasteiger partial charge in [-0.3, -0.25) is 0 Å². The first-order valence-electron chi connectivity index (χ1n) is 32.0. The van der Waals surface area contributed by atoms with E-state index in [0.717, 1.165) is 0 Å². The second-order valence-electron chi connectivity index (χ2n) is 21.6. The van der Waals surface area contributed by atoms with E-state index in [4.69, 9.17) is 0 Å². The number of thioether (sulfide) groups is 3. The van der Waals surface area contributed by atoms with E-state index in [9.17, 15) is 0 Å². The number of thiophene rings is 6. The summed E-state index contributed by atoms with van der Waals surface area (Å²) in [4.78, 5) is 10.2. The topological polar surface area (TPSA) is 12.4 Å². The van der Waals surface area contributed by atoms with E-state index in [1.165, 1.54) is 306 Å². The summed E-state index contributed by atoms with van der Waals surface area (Å²) < 4.78 is 6.33. The van der Waals surface area contributed by atoms with Crippen molar-refractivity contribution in [3.05, 3.63) is 91.9 Å². The summed E-state index contributed by atoms with van der Waals surface area (Å²) in [5.41, 5.74) is 2.79. The molecular formula is C68H106BBr3NS10. The van der Waals surface area contributed by atoms with Crippen molar-refractivity contribution in [2.75, 3.05) is 17.3 Å². The molecule has 0 aromatic carbocycles. The number of thiol groups is 1. The van der Waals surface area contributed by atoms with Gasteiger partial charge < -0.3 is 0 Å². The van der Waals surface area contributed by atoms with E-state index in [2.05, 4.69) is 171 Å². The number of halogens is 3. The molecule has 1 radical (unpaired) electrons. The molecule has 6 heterocycles. The maximum atomic E-state index is 4.34. The summed E-state index contributed by atoms with van der Waals surface area (Å²) in [6, 6.07) is 13.3. The van der Waals surface area contributed by atoms with Gasteiger partial charge in [0.1, 0.15) is 0 Å². The van der Waals surface area contributed by atoms with Crippen LogP contribution in [-0.2, 0) is 0 Å². The molecule has 0 N–H and O–H groups in total. The third-order valence-electron chi connectivity index (χ3n) is 14.2. The van der Waals surface area contributed by atoms with Gasteiger partial charge in [-0.15, -0.1) is 80.6 Å². The molecule has 0 atom stereocenters. The molecule has 0 fully saturated rings. The predicted molar refractivity (Wildman–Crippen MR) is 409 cm³/mol. The summed E-state index contributed by atoms with van der Waals surface area (Å²) in [7, 11) is 4.34. The molecule has 0 bridgehead atoms. The first-order valence-corrected chi connectivity index (χ1v) is 43.0. The molecule has 0 aliphatic rings. The molecule has 0 unspecified atom stereocenters. The number of rotatable bonds is 44. The fraction of sp³-hybridized carbons (Fsp3) is 0.647. The zero-order valence-electron chi connectivity index (χ0n) is 51.8. The molecule has 0 saturated carbocycles. The van der Waals surface area contributed by atoms with Crippen molar-refractivity contribution in [3.8, 4) is 19.5 Å². The molecular weight excluding hydrogens is 1400 g/mol. The summed E-state index contributed by atoms with van der Waals surface area (Å²) >= 11 is 30.9. The van der Waals surface area contributed by atoms with Gasteiger partial charge in [0.2, 0.25) is 0 Å². The number of nitrogens with zero attached hydrogens (tertiary/aromatic N) is 1. The van der Waals surface area contributed by atoms with Gasteiger partial charge in [-0.05, 0) is 167 Å². The van der Waals surface area contributed by atoms with Crippen molar-refractivity contribution in [2.45, 2.75) is 280 Å². The molecule has 467 valence electrons. The van der Waals surface area contributed by atoms with Crippen molar-refractivity contribution in [1.82, 2.24) is 0 Å². The van der Waals surface area contributed by atoms with Crippen LogP contribution >= 0.6 is 164 Å². The Morgan fingerprint density at radius 3 is 1.13 bits per heavy atom. The first kappa shape index (κ1) is 80.0. The first-order chi connectivity index (χ1) is 40.7. The fourth-order valence-corrected chi connectivity index (χ4v) is 20.8. The molecule has 6 aromatic rings. The minimum absolute atomic E-state index is 1.17. The Balaban J connectivity index is 0.000000398. The predicted octanol–water partition coefficient (Wildman–Crippen LogP) is 30.9. The van der Waals surface area contributed by atoms with Crippen LogP contribution in [0.1, 0.15) is 263 Å². The third-order valence-corrected chi connectivity index (χ3v) is 25.8.